The predicted octanol–water partition coefficient (Wildman–Crippen LogP) is 5.67. The molecule has 2 aliphatic heterocycles. The maximum Gasteiger partial charge on any atom is 0.252 e. The molecule has 2 amide bonds. The van der Waals surface area contributed by atoms with Crippen molar-refractivity contribution in [2.75, 3.05) is 32.1 Å². The van der Waals surface area contributed by atoms with Crippen molar-refractivity contribution in [3.63, 3.8) is 0 Å². The summed E-state index contributed by atoms with van der Waals surface area (Å²) in [6.45, 7) is 9.50. The molecule has 7 heteroatoms. The fourth-order valence-electron chi connectivity index (χ4n) is 5.38. The lowest BCUT2D eigenvalue weighted by molar-refractivity contribution is -0.135. The topological polar surface area (TPSA) is 68.6 Å². The Labute approximate surface area is 217 Å². The molecule has 36 heavy (non-hydrogen) atoms. The van der Waals surface area contributed by atoms with Crippen molar-refractivity contribution in [3.05, 3.63) is 29.8 Å². The minimum absolute atomic E-state index is 0.00711. The van der Waals surface area contributed by atoms with Crippen LogP contribution in [0.2, 0.25) is 0 Å². The molecule has 1 aromatic carbocycles. The fraction of sp³-hybridized carbons (Fsp3) is 0.655. The highest BCUT2D eigenvalue weighted by atomic mass is 16.2. The van der Waals surface area contributed by atoms with Crippen LogP contribution >= 0.6 is 0 Å². The van der Waals surface area contributed by atoms with Crippen molar-refractivity contribution in [2.45, 2.75) is 85.0 Å². The van der Waals surface area contributed by atoms with Crippen LogP contribution in [0.5, 0.6) is 0 Å². The molecular formula is C29H45N5O2. The molecular weight excluding hydrogens is 450 g/mol. The van der Waals surface area contributed by atoms with Gasteiger partial charge in [-0.15, -0.1) is 0 Å². The van der Waals surface area contributed by atoms with Crippen molar-refractivity contribution in [1.29, 1.82) is 0 Å². The predicted molar refractivity (Wildman–Crippen MR) is 148 cm³/mol. The average molecular weight is 496 g/mol. The van der Waals surface area contributed by atoms with Crippen LogP contribution in [0.3, 0.4) is 0 Å². The quantitative estimate of drug-likeness (QED) is 0.313. The van der Waals surface area contributed by atoms with Crippen molar-refractivity contribution in [3.8, 4) is 0 Å². The molecule has 0 saturated heterocycles. The Balaban J connectivity index is 1.89. The molecule has 0 radical (unpaired) electrons. The van der Waals surface area contributed by atoms with Crippen molar-refractivity contribution < 1.29 is 9.59 Å². The summed E-state index contributed by atoms with van der Waals surface area (Å²) in [5.41, 5.74) is 3.65. The molecule has 0 fully saturated rings. The maximum atomic E-state index is 13.7. The van der Waals surface area contributed by atoms with Gasteiger partial charge in [0.05, 0.1) is 11.8 Å². The molecule has 3 rings (SSSR count). The number of hydrazone groups is 2. The lowest BCUT2D eigenvalue weighted by atomic mass is 9.73. The van der Waals surface area contributed by atoms with Gasteiger partial charge >= 0.3 is 0 Å². The fourth-order valence-corrected chi connectivity index (χ4v) is 5.38. The highest BCUT2D eigenvalue weighted by Crippen LogP contribution is 2.41. The third-order valence-electron chi connectivity index (χ3n) is 7.46. The number of rotatable bonds is 14. The second-order valence-electron chi connectivity index (χ2n) is 10.5. The van der Waals surface area contributed by atoms with Gasteiger partial charge in [-0.05, 0) is 44.4 Å². The number of carbonyl (C=O) groups is 2. The lowest BCUT2D eigenvalue weighted by Gasteiger charge is -2.29. The van der Waals surface area contributed by atoms with E-state index in [1.54, 1.807) is 10.0 Å². The molecule has 0 saturated carbocycles. The molecule has 2 atom stereocenters. The largest absolute Gasteiger partial charge is 0.378 e. The number of hydrogen-bond acceptors (Lipinski definition) is 5. The Bertz CT molecular complexity index is 901. The van der Waals surface area contributed by atoms with Gasteiger partial charge in [0.1, 0.15) is 0 Å². The van der Waals surface area contributed by atoms with Gasteiger partial charge in [0.15, 0.2) is 0 Å². The number of benzene rings is 1. The summed E-state index contributed by atoms with van der Waals surface area (Å²) in [7, 11) is 4.02. The van der Waals surface area contributed by atoms with E-state index in [2.05, 4.69) is 53.2 Å². The van der Waals surface area contributed by atoms with Gasteiger partial charge in [-0.2, -0.15) is 10.2 Å². The van der Waals surface area contributed by atoms with E-state index in [0.29, 0.717) is 13.1 Å². The smallest absolute Gasteiger partial charge is 0.252 e. The molecule has 1 aromatic rings. The highest BCUT2D eigenvalue weighted by molar-refractivity contribution is 6.12. The normalized spacial score (nSPS) is 20.7. The molecule has 0 aliphatic carbocycles. The van der Waals surface area contributed by atoms with Crippen LogP contribution in [0.1, 0.15) is 90.5 Å². The van der Waals surface area contributed by atoms with Gasteiger partial charge in [0, 0.05) is 50.2 Å². The van der Waals surface area contributed by atoms with E-state index in [4.69, 9.17) is 0 Å². The number of hydrogen-bond donors (Lipinski definition) is 0. The molecule has 198 valence electrons. The van der Waals surface area contributed by atoms with Crippen molar-refractivity contribution in [2.24, 2.45) is 22.0 Å². The molecule has 0 N–H and O–H groups in total. The van der Waals surface area contributed by atoms with Gasteiger partial charge in [0.25, 0.3) is 11.8 Å². The van der Waals surface area contributed by atoms with E-state index in [1.807, 2.05) is 27.9 Å². The van der Waals surface area contributed by atoms with Crippen LogP contribution in [0.4, 0.5) is 5.69 Å². The standard InChI is InChI=1S/C29H45N5O2/c1-7-9-11-13-19-33-28(35)25(21(3)30-33)27(23-15-17-24(18-16-23)32(5)6)26-22(4)31-34(29(26)36)20-14-12-10-8-2/h15-18,25-27H,7-14,19-20H2,1-6H3. The van der Waals surface area contributed by atoms with Crippen LogP contribution in [0.25, 0.3) is 0 Å². The molecule has 2 unspecified atom stereocenters. The lowest BCUT2D eigenvalue weighted by Crippen LogP contribution is -2.40. The van der Waals surface area contributed by atoms with Crippen LogP contribution in [0, 0.1) is 11.8 Å². The molecule has 7 nitrogen and oxygen atoms in total. The summed E-state index contributed by atoms with van der Waals surface area (Å²) >= 11 is 0. The summed E-state index contributed by atoms with van der Waals surface area (Å²) in [5, 5.41) is 12.6. The van der Waals surface area contributed by atoms with Gasteiger partial charge in [0.2, 0.25) is 0 Å². The van der Waals surface area contributed by atoms with E-state index in [9.17, 15) is 9.59 Å². The molecule has 0 aromatic heterocycles. The zero-order valence-corrected chi connectivity index (χ0v) is 23.2. The van der Waals surface area contributed by atoms with Gasteiger partial charge in [-0.3, -0.25) is 9.59 Å². The Morgan fingerprint density at radius 2 is 1.19 bits per heavy atom. The summed E-state index contributed by atoms with van der Waals surface area (Å²) in [6, 6.07) is 8.25. The number of unbranched alkanes of at least 4 members (excludes halogenated alkanes) is 6. The van der Waals surface area contributed by atoms with Crippen LogP contribution in [0.15, 0.2) is 34.5 Å². The van der Waals surface area contributed by atoms with Crippen molar-refractivity contribution >= 4 is 28.9 Å². The SMILES string of the molecule is CCCCCCN1N=C(C)C(C(c2ccc(N(C)C)cc2)C2C(=O)N(CCCCCC)N=C2C)C1=O. The van der Waals surface area contributed by atoms with Gasteiger partial charge < -0.3 is 4.90 Å². The first kappa shape index (κ1) is 27.9. The van der Waals surface area contributed by atoms with E-state index < -0.39 is 11.8 Å². The third-order valence-corrected chi connectivity index (χ3v) is 7.46. The van der Waals surface area contributed by atoms with Crippen molar-refractivity contribution in [1.82, 2.24) is 10.0 Å². The first-order valence-corrected chi connectivity index (χ1v) is 13.8. The van der Waals surface area contributed by atoms with Crippen LogP contribution < -0.4 is 4.90 Å². The third kappa shape index (κ3) is 6.34. The van der Waals surface area contributed by atoms with Gasteiger partial charge in [-0.25, -0.2) is 10.0 Å². The number of amides is 2. The molecule has 2 heterocycles. The minimum atomic E-state index is -0.458. The van der Waals surface area contributed by atoms with E-state index in [1.165, 1.54) is 0 Å². The Hall–Kier alpha value is -2.70. The molecule has 0 bridgehead atoms. The summed E-state index contributed by atoms with van der Waals surface area (Å²) in [5.74, 6) is -1.23. The molecule has 2 aliphatic rings. The van der Waals surface area contributed by atoms with Gasteiger partial charge in [-0.1, -0.05) is 64.5 Å². The first-order valence-electron chi connectivity index (χ1n) is 13.8. The van der Waals surface area contributed by atoms with E-state index in [-0.39, 0.29) is 17.7 Å². The van der Waals surface area contributed by atoms with E-state index in [0.717, 1.165) is 74.0 Å². The number of carbonyl (C=O) groups excluding carboxylic acids is 2. The zero-order valence-electron chi connectivity index (χ0n) is 23.2. The minimum Gasteiger partial charge on any atom is -0.378 e. The summed E-state index contributed by atoms with van der Waals surface area (Å²) in [4.78, 5) is 29.5. The van der Waals surface area contributed by atoms with E-state index >= 15 is 0 Å². The zero-order chi connectivity index (χ0) is 26.2. The maximum absolute atomic E-state index is 13.7. The second kappa shape index (κ2) is 13.0. The second-order valence-corrected chi connectivity index (χ2v) is 10.5. The summed E-state index contributed by atoms with van der Waals surface area (Å²) in [6.07, 6.45) is 8.70. The number of anilines is 1. The Kier molecular flexibility index (Phi) is 10.1. The van der Waals surface area contributed by atoms with Crippen LogP contribution in [-0.4, -0.2) is 60.4 Å². The number of nitrogens with zero attached hydrogens (tertiary/aromatic N) is 5. The Morgan fingerprint density at radius 1 is 0.750 bits per heavy atom. The van der Waals surface area contributed by atoms with Crippen LogP contribution in [-0.2, 0) is 9.59 Å². The first-order chi connectivity index (χ1) is 17.3. The highest BCUT2D eigenvalue weighted by Gasteiger charge is 2.49. The average Bonchev–Trinajstić information content (AvgIpc) is 3.29. The Morgan fingerprint density at radius 3 is 1.58 bits per heavy atom. The monoisotopic (exact) mass is 495 g/mol. The molecule has 0 spiro atoms. The summed E-state index contributed by atoms with van der Waals surface area (Å²) < 4.78 is 0.